The lowest BCUT2D eigenvalue weighted by molar-refractivity contribution is 0.00378. The van der Waals surface area contributed by atoms with E-state index < -0.39 is 0 Å². The lowest BCUT2D eigenvalue weighted by Crippen LogP contribution is -2.43. The van der Waals surface area contributed by atoms with Crippen molar-refractivity contribution in [2.24, 2.45) is 10.9 Å². The van der Waals surface area contributed by atoms with Gasteiger partial charge in [-0.3, -0.25) is 4.99 Å². The summed E-state index contributed by atoms with van der Waals surface area (Å²) in [6.07, 6.45) is 3.91. The Morgan fingerprint density at radius 2 is 2.44 bits per heavy atom. The number of nitrogens with zero attached hydrogens (tertiary/aromatic N) is 1. The van der Waals surface area contributed by atoms with Crippen LogP contribution in [-0.2, 0) is 4.74 Å². The highest BCUT2D eigenvalue weighted by Crippen LogP contribution is 2.18. The summed E-state index contributed by atoms with van der Waals surface area (Å²) in [5.41, 5.74) is 0. The molecule has 0 aliphatic carbocycles. The summed E-state index contributed by atoms with van der Waals surface area (Å²) in [6.45, 7) is 6.10. The number of aliphatic imine (C=N–C) groups is 1. The van der Waals surface area contributed by atoms with Gasteiger partial charge in [-0.1, -0.05) is 0 Å². The van der Waals surface area contributed by atoms with Gasteiger partial charge in [0, 0.05) is 26.2 Å². The molecule has 0 amide bonds. The molecule has 2 aliphatic rings. The molecule has 2 heterocycles. The quantitative estimate of drug-likeness (QED) is 0.747. The highest BCUT2D eigenvalue weighted by molar-refractivity contribution is 14.0. The summed E-state index contributed by atoms with van der Waals surface area (Å²) < 4.78 is 5.53. The summed E-state index contributed by atoms with van der Waals surface area (Å²) in [6, 6.07) is 0. The molecule has 0 spiro atoms. The Kier molecular flexibility index (Phi) is 6.41. The highest BCUT2D eigenvalue weighted by atomic mass is 127. The van der Waals surface area contributed by atoms with Crippen molar-refractivity contribution in [2.75, 3.05) is 26.2 Å². The second-order valence-electron chi connectivity index (χ2n) is 4.46. The third kappa shape index (κ3) is 4.45. The van der Waals surface area contributed by atoms with Crippen molar-refractivity contribution in [3.63, 3.8) is 0 Å². The van der Waals surface area contributed by atoms with E-state index in [0.29, 0.717) is 6.10 Å². The molecule has 0 aromatic carbocycles. The molecule has 2 unspecified atom stereocenters. The number of nitrogens with one attached hydrogen (secondary N) is 2. The van der Waals surface area contributed by atoms with Gasteiger partial charge in [-0.2, -0.15) is 0 Å². The first-order valence-corrected chi connectivity index (χ1v) is 5.98. The first-order chi connectivity index (χ1) is 7.34. The summed E-state index contributed by atoms with van der Waals surface area (Å²) in [5.74, 6) is 1.72. The van der Waals surface area contributed by atoms with Gasteiger partial charge < -0.3 is 15.4 Å². The summed E-state index contributed by atoms with van der Waals surface area (Å²) in [7, 11) is 0. The molecule has 0 bridgehead atoms. The molecule has 4 nitrogen and oxygen atoms in total. The molecule has 1 saturated heterocycles. The first-order valence-electron chi connectivity index (χ1n) is 5.98. The van der Waals surface area contributed by atoms with Crippen LogP contribution in [0.1, 0.15) is 26.2 Å². The van der Waals surface area contributed by atoms with Crippen LogP contribution in [0.3, 0.4) is 0 Å². The minimum absolute atomic E-state index is 0. The number of guanidine groups is 1. The van der Waals surface area contributed by atoms with Crippen LogP contribution in [0.25, 0.3) is 0 Å². The van der Waals surface area contributed by atoms with Crippen LogP contribution in [0.2, 0.25) is 0 Å². The Morgan fingerprint density at radius 1 is 1.56 bits per heavy atom. The fourth-order valence-corrected chi connectivity index (χ4v) is 2.17. The van der Waals surface area contributed by atoms with Gasteiger partial charge in [-0.15, -0.1) is 24.0 Å². The second-order valence-corrected chi connectivity index (χ2v) is 4.46. The van der Waals surface area contributed by atoms with Crippen molar-refractivity contribution in [2.45, 2.75) is 32.3 Å². The van der Waals surface area contributed by atoms with Crippen LogP contribution >= 0.6 is 24.0 Å². The Labute approximate surface area is 115 Å². The third-order valence-corrected chi connectivity index (χ3v) is 3.05. The molecule has 2 rings (SSSR count). The fraction of sp³-hybridized carbons (Fsp3) is 0.909. The average Bonchev–Trinajstić information content (AvgIpc) is 2.28. The monoisotopic (exact) mass is 339 g/mol. The standard InChI is InChI=1S/C11H21N3O.HI/c1-9-7-10(3-6-15-9)8-14-11-12-4-2-5-13-11;/h9-10H,2-8H2,1H3,(H2,12,13,14);1H. The van der Waals surface area contributed by atoms with Crippen molar-refractivity contribution in [1.82, 2.24) is 10.6 Å². The maximum Gasteiger partial charge on any atom is 0.191 e. The Morgan fingerprint density at radius 3 is 3.12 bits per heavy atom. The smallest absolute Gasteiger partial charge is 0.191 e. The second kappa shape index (κ2) is 7.32. The number of halogens is 1. The van der Waals surface area contributed by atoms with Gasteiger partial charge in [-0.05, 0) is 32.1 Å². The summed E-state index contributed by atoms with van der Waals surface area (Å²) >= 11 is 0. The van der Waals surface area contributed by atoms with Crippen LogP contribution in [-0.4, -0.2) is 38.3 Å². The predicted molar refractivity (Wildman–Crippen MR) is 76.5 cm³/mol. The van der Waals surface area contributed by atoms with E-state index >= 15 is 0 Å². The molecule has 2 N–H and O–H groups in total. The Bertz CT molecular complexity index is 235. The molecule has 16 heavy (non-hydrogen) atoms. The average molecular weight is 339 g/mol. The molecule has 0 saturated carbocycles. The molecule has 0 aromatic rings. The van der Waals surface area contributed by atoms with Crippen molar-refractivity contribution < 1.29 is 4.74 Å². The highest BCUT2D eigenvalue weighted by Gasteiger charge is 2.19. The van der Waals surface area contributed by atoms with Gasteiger partial charge in [-0.25, -0.2) is 0 Å². The van der Waals surface area contributed by atoms with Gasteiger partial charge in [0.1, 0.15) is 0 Å². The van der Waals surface area contributed by atoms with E-state index in [9.17, 15) is 0 Å². The van der Waals surface area contributed by atoms with Gasteiger partial charge in [0.25, 0.3) is 0 Å². The molecular weight excluding hydrogens is 317 g/mol. The predicted octanol–water partition coefficient (Wildman–Crippen LogP) is 1.36. The van der Waals surface area contributed by atoms with E-state index in [4.69, 9.17) is 4.74 Å². The number of hydrogen-bond donors (Lipinski definition) is 2. The maximum absolute atomic E-state index is 5.53. The largest absolute Gasteiger partial charge is 0.378 e. The number of rotatable bonds is 2. The van der Waals surface area contributed by atoms with Gasteiger partial charge >= 0.3 is 0 Å². The van der Waals surface area contributed by atoms with E-state index in [0.717, 1.165) is 44.5 Å². The van der Waals surface area contributed by atoms with E-state index in [1.54, 1.807) is 0 Å². The number of hydrogen-bond acceptors (Lipinski definition) is 4. The van der Waals surface area contributed by atoms with E-state index in [-0.39, 0.29) is 24.0 Å². The van der Waals surface area contributed by atoms with E-state index in [1.165, 1.54) is 12.8 Å². The van der Waals surface area contributed by atoms with Crippen LogP contribution in [0.4, 0.5) is 0 Å². The minimum Gasteiger partial charge on any atom is -0.378 e. The Balaban J connectivity index is 0.00000128. The molecule has 5 heteroatoms. The van der Waals surface area contributed by atoms with E-state index in [2.05, 4.69) is 22.5 Å². The zero-order chi connectivity index (χ0) is 10.5. The SMILES string of the molecule is CC1CC(CNC2=NCCCN2)CCO1.I. The van der Waals surface area contributed by atoms with Gasteiger partial charge in [0.2, 0.25) is 0 Å². The summed E-state index contributed by atoms with van der Waals surface area (Å²) in [4.78, 5) is 4.40. The molecule has 2 atom stereocenters. The van der Waals surface area contributed by atoms with Crippen LogP contribution < -0.4 is 10.6 Å². The van der Waals surface area contributed by atoms with Crippen LogP contribution in [0, 0.1) is 5.92 Å². The Hall–Kier alpha value is -0.0400. The van der Waals surface area contributed by atoms with Gasteiger partial charge in [0.05, 0.1) is 6.10 Å². The topological polar surface area (TPSA) is 45.7 Å². The van der Waals surface area contributed by atoms with Crippen LogP contribution in [0.5, 0.6) is 0 Å². The number of ether oxygens (including phenoxy) is 1. The van der Waals surface area contributed by atoms with Crippen molar-refractivity contribution in [1.29, 1.82) is 0 Å². The maximum atomic E-state index is 5.53. The molecule has 1 fully saturated rings. The third-order valence-electron chi connectivity index (χ3n) is 3.05. The van der Waals surface area contributed by atoms with Crippen molar-refractivity contribution >= 4 is 29.9 Å². The zero-order valence-corrected chi connectivity index (χ0v) is 12.2. The van der Waals surface area contributed by atoms with Crippen LogP contribution in [0.15, 0.2) is 4.99 Å². The fourth-order valence-electron chi connectivity index (χ4n) is 2.17. The normalized spacial score (nSPS) is 29.7. The molecule has 0 radical (unpaired) electrons. The lowest BCUT2D eigenvalue weighted by atomic mass is 9.96. The van der Waals surface area contributed by atoms with Gasteiger partial charge in [0.15, 0.2) is 5.96 Å². The minimum atomic E-state index is 0. The van der Waals surface area contributed by atoms with Crippen molar-refractivity contribution in [3.05, 3.63) is 0 Å². The van der Waals surface area contributed by atoms with E-state index in [1.807, 2.05) is 0 Å². The summed E-state index contributed by atoms with van der Waals surface area (Å²) in [5, 5.41) is 6.67. The lowest BCUT2D eigenvalue weighted by Gasteiger charge is -2.28. The molecule has 0 aromatic heterocycles. The molecule has 94 valence electrons. The first kappa shape index (κ1) is 14.0. The molecular formula is C11H22IN3O. The molecule has 2 aliphatic heterocycles. The van der Waals surface area contributed by atoms with Crippen molar-refractivity contribution in [3.8, 4) is 0 Å². The zero-order valence-electron chi connectivity index (χ0n) is 9.87.